The number of unbranched alkanes of at least 4 members (excludes halogenated alkanes) is 15. The standard InChI is InChI=1S/C35H61N3O5/c1-6-7-8-9-10-11-12-13-14-15-16-17-18-19-20-21-25-38(29-39)34-27-31(42-5)26-32(30(2)40)33(34)28-43-35(41)36-23-22-24-37(3)4/h26-27,29H,6-25,28H2,1-5H3,(H,36,41). The highest BCUT2D eigenvalue weighted by Gasteiger charge is 2.20. The predicted octanol–water partition coefficient (Wildman–Crippen LogP) is 8.30. The Hall–Kier alpha value is -2.61. The lowest BCUT2D eigenvalue weighted by Crippen LogP contribution is -2.29. The Morgan fingerprint density at radius 3 is 1.79 bits per heavy atom. The molecule has 1 aromatic rings. The average Bonchev–Trinajstić information content (AvgIpc) is 2.99. The number of carbonyl (C=O) groups excluding carboxylic acids is 3. The van der Waals surface area contributed by atoms with Crippen LogP contribution in [0.5, 0.6) is 5.75 Å². The average molecular weight is 604 g/mol. The number of anilines is 1. The third-order valence-electron chi connectivity index (χ3n) is 7.90. The normalized spacial score (nSPS) is 11.0. The van der Waals surface area contributed by atoms with Crippen molar-refractivity contribution in [2.75, 3.05) is 45.7 Å². The summed E-state index contributed by atoms with van der Waals surface area (Å²) in [6.07, 6.45) is 21.6. The summed E-state index contributed by atoms with van der Waals surface area (Å²) in [5.41, 5.74) is 1.44. The third-order valence-corrected chi connectivity index (χ3v) is 7.90. The van der Waals surface area contributed by atoms with E-state index in [0.29, 0.717) is 35.7 Å². The first kappa shape index (κ1) is 38.4. The van der Waals surface area contributed by atoms with Crippen molar-refractivity contribution in [1.82, 2.24) is 10.2 Å². The highest BCUT2D eigenvalue weighted by Crippen LogP contribution is 2.31. The lowest BCUT2D eigenvalue weighted by atomic mass is 10.0. The monoisotopic (exact) mass is 603 g/mol. The molecule has 1 N–H and O–H groups in total. The number of Topliss-reactive ketones (excluding diaryl/α,β-unsaturated/α-hetero) is 1. The summed E-state index contributed by atoms with van der Waals surface area (Å²) in [5, 5.41) is 2.75. The summed E-state index contributed by atoms with van der Waals surface area (Å²) in [7, 11) is 5.48. The van der Waals surface area contributed by atoms with Gasteiger partial charge in [-0.05, 0) is 46.5 Å². The van der Waals surface area contributed by atoms with Crippen LogP contribution in [0.25, 0.3) is 0 Å². The fourth-order valence-electron chi connectivity index (χ4n) is 5.31. The maximum absolute atomic E-state index is 12.5. The molecule has 0 unspecified atom stereocenters. The number of methoxy groups -OCH3 is 1. The van der Waals surface area contributed by atoms with Gasteiger partial charge in [0.25, 0.3) is 0 Å². The van der Waals surface area contributed by atoms with Crippen molar-refractivity contribution in [3.05, 3.63) is 23.3 Å². The fraction of sp³-hybridized carbons (Fsp3) is 0.743. The van der Waals surface area contributed by atoms with Gasteiger partial charge in [-0.2, -0.15) is 0 Å². The summed E-state index contributed by atoms with van der Waals surface area (Å²) < 4.78 is 10.9. The molecule has 2 amide bonds. The first-order valence-corrected chi connectivity index (χ1v) is 16.8. The number of amides is 2. The van der Waals surface area contributed by atoms with Gasteiger partial charge in [0.05, 0.1) is 12.8 Å². The number of benzene rings is 1. The molecule has 0 atom stereocenters. The van der Waals surface area contributed by atoms with Crippen LogP contribution in [0.15, 0.2) is 12.1 Å². The van der Waals surface area contributed by atoms with Gasteiger partial charge in [-0.15, -0.1) is 0 Å². The maximum Gasteiger partial charge on any atom is 0.407 e. The minimum atomic E-state index is -0.550. The van der Waals surface area contributed by atoms with Crippen molar-refractivity contribution in [3.63, 3.8) is 0 Å². The van der Waals surface area contributed by atoms with E-state index in [0.717, 1.165) is 38.6 Å². The van der Waals surface area contributed by atoms with E-state index in [2.05, 4.69) is 12.2 Å². The highest BCUT2D eigenvalue weighted by atomic mass is 16.5. The SMILES string of the molecule is CCCCCCCCCCCCCCCCCCN(C=O)c1cc(OC)cc(C(C)=O)c1COC(=O)NCCCN(C)C. The topological polar surface area (TPSA) is 88.2 Å². The second-order valence-electron chi connectivity index (χ2n) is 12.0. The molecule has 0 aromatic heterocycles. The molecule has 0 spiro atoms. The molecular formula is C35H61N3O5. The molecule has 8 nitrogen and oxygen atoms in total. The van der Waals surface area contributed by atoms with E-state index in [1.54, 1.807) is 17.0 Å². The maximum atomic E-state index is 12.5. The number of nitrogens with one attached hydrogen (secondary N) is 1. The Bertz CT molecular complexity index is 906. The van der Waals surface area contributed by atoms with Crippen molar-refractivity contribution in [2.24, 2.45) is 0 Å². The van der Waals surface area contributed by atoms with Gasteiger partial charge in [0.1, 0.15) is 12.4 Å². The van der Waals surface area contributed by atoms with E-state index in [4.69, 9.17) is 9.47 Å². The third kappa shape index (κ3) is 17.9. The van der Waals surface area contributed by atoms with Gasteiger partial charge in [-0.1, -0.05) is 103 Å². The molecule has 0 aliphatic heterocycles. The van der Waals surface area contributed by atoms with Crippen LogP contribution in [0.1, 0.15) is 139 Å². The molecule has 0 fully saturated rings. The zero-order valence-electron chi connectivity index (χ0n) is 28.0. The van der Waals surface area contributed by atoms with Crippen LogP contribution in [0.2, 0.25) is 0 Å². The molecule has 0 saturated carbocycles. The van der Waals surface area contributed by atoms with Crippen LogP contribution in [0.4, 0.5) is 10.5 Å². The van der Waals surface area contributed by atoms with E-state index in [-0.39, 0.29) is 12.4 Å². The van der Waals surface area contributed by atoms with Gasteiger partial charge >= 0.3 is 6.09 Å². The largest absolute Gasteiger partial charge is 0.497 e. The van der Waals surface area contributed by atoms with Crippen LogP contribution in [-0.4, -0.2) is 64.0 Å². The quantitative estimate of drug-likeness (QED) is 0.0618. The molecule has 246 valence electrons. The van der Waals surface area contributed by atoms with E-state index >= 15 is 0 Å². The first-order chi connectivity index (χ1) is 20.8. The number of ketones is 1. The minimum absolute atomic E-state index is 0.114. The molecule has 1 aromatic carbocycles. The minimum Gasteiger partial charge on any atom is -0.497 e. The summed E-state index contributed by atoms with van der Waals surface area (Å²) in [6, 6.07) is 3.37. The molecule has 1 rings (SSSR count). The Balaban J connectivity index is 2.49. The van der Waals surface area contributed by atoms with Gasteiger partial charge < -0.3 is 24.6 Å². The van der Waals surface area contributed by atoms with Crippen LogP contribution >= 0.6 is 0 Å². The van der Waals surface area contributed by atoms with Crippen molar-refractivity contribution in [1.29, 1.82) is 0 Å². The molecule has 43 heavy (non-hydrogen) atoms. The lowest BCUT2D eigenvalue weighted by Gasteiger charge is -2.23. The second kappa shape index (κ2) is 24.8. The van der Waals surface area contributed by atoms with Gasteiger partial charge in [-0.3, -0.25) is 9.59 Å². The number of carbonyl (C=O) groups is 3. The smallest absolute Gasteiger partial charge is 0.407 e. The number of rotatable bonds is 27. The molecule has 0 heterocycles. The number of alkyl carbamates (subject to hydrolysis) is 1. The van der Waals surface area contributed by atoms with E-state index in [1.807, 2.05) is 19.0 Å². The van der Waals surface area contributed by atoms with Crippen molar-refractivity contribution < 1.29 is 23.9 Å². The number of hydrogen-bond donors (Lipinski definition) is 1. The first-order valence-electron chi connectivity index (χ1n) is 16.8. The molecule has 0 bridgehead atoms. The van der Waals surface area contributed by atoms with Crippen molar-refractivity contribution >= 4 is 24.0 Å². The highest BCUT2D eigenvalue weighted by molar-refractivity contribution is 5.98. The Kier molecular flexibility index (Phi) is 22.1. The summed E-state index contributed by atoms with van der Waals surface area (Å²) >= 11 is 0. The summed E-state index contributed by atoms with van der Waals surface area (Å²) in [4.78, 5) is 40.6. The van der Waals surface area contributed by atoms with Crippen molar-refractivity contribution in [3.8, 4) is 5.75 Å². The van der Waals surface area contributed by atoms with Crippen LogP contribution < -0.4 is 15.0 Å². The van der Waals surface area contributed by atoms with Gasteiger partial charge in [0, 0.05) is 30.3 Å². The Labute approximate surface area is 262 Å². The number of ether oxygens (including phenoxy) is 2. The van der Waals surface area contributed by atoms with Gasteiger partial charge in [0.2, 0.25) is 6.41 Å². The second-order valence-corrected chi connectivity index (χ2v) is 12.0. The van der Waals surface area contributed by atoms with Crippen molar-refractivity contribution in [2.45, 2.75) is 130 Å². The number of nitrogens with zero attached hydrogens (tertiary/aromatic N) is 2. The summed E-state index contributed by atoms with van der Waals surface area (Å²) in [5.74, 6) is 0.300. The predicted molar refractivity (Wildman–Crippen MR) is 177 cm³/mol. The van der Waals surface area contributed by atoms with Gasteiger partial charge in [0.15, 0.2) is 5.78 Å². The Morgan fingerprint density at radius 1 is 0.791 bits per heavy atom. The van der Waals surface area contributed by atoms with Gasteiger partial charge in [-0.25, -0.2) is 4.79 Å². The molecular weight excluding hydrogens is 542 g/mol. The van der Waals surface area contributed by atoms with E-state index in [1.165, 1.54) is 97.5 Å². The van der Waals surface area contributed by atoms with E-state index in [9.17, 15) is 14.4 Å². The molecule has 0 saturated heterocycles. The van der Waals surface area contributed by atoms with E-state index < -0.39 is 6.09 Å². The zero-order valence-corrected chi connectivity index (χ0v) is 28.0. The van der Waals surface area contributed by atoms with Crippen LogP contribution in [0.3, 0.4) is 0 Å². The fourth-order valence-corrected chi connectivity index (χ4v) is 5.31. The summed E-state index contributed by atoms with van der Waals surface area (Å²) in [6.45, 7) is 5.48. The van der Waals surface area contributed by atoms with Crippen LogP contribution in [-0.2, 0) is 16.1 Å². The molecule has 8 heteroatoms. The lowest BCUT2D eigenvalue weighted by molar-refractivity contribution is -0.107. The van der Waals surface area contributed by atoms with Crippen LogP contribution in [0, 0.1) is 0 Å². The molecule has 0 aliphatic carbocycles. The zero-order chi connectivity index (χ0) is 31.7. The Morgan fingerprint density at radius 2 is 1.33 bits per heavy atom. The molecule has 0 aliphatic rings. The molecule has 0 radical (unpaired) electrons. The number of hydrogen-bond acceptors (Lipinski definition) is 6.